The second-order valence-electron chi connectivity index (χ2n) is 7.08. The first-order valence-electron chi connectivity index (χ1n) is 9.06. The van der Waals surface area contributed by atoms with Crippen LogP contribution in [-0.2, 0) is 13.0 Å². The first-order chi connectivity index (χ1) is 13.8. The zero-order valence-electron chi connectivity index (χ0n) is 15.7. The summed E-state index contributed by atoms with van der Waals surface area (Å²) in [6.45, 7) is 1.33. The maximum atomic E-state index is 13.5. The van der Waals surface area contributed by atoms with Crippen molar-refractivity contribution in [3.05, 3.63) is 77.4 Å². The smallest absolute Gasteiger partial charge is 0.399 e. The van der Waals surface area contributed by atoms with Gasteiger partial charge in [0.2, 0.25) is 11.4 Å². The fourth-order valence-corrected chi connectivity index (χ4v) is 3.77. The number of alkyl halides is 3. The number of aliphatic hydroxyl groups excluding tert-OH is 1. The summed E-state index contributed by atoms with van der Waals surface area (Å²) in [5.41, 5.74) is 9.33. The molecule has 0 spiro atoms. The third-order valence-electron chi connectivity index (χ3n) is 5.04. The van der Waals surface area contributed by atoms with Gasteiger partial charge in [-0.05, 0) is 30.7 Å². The molecule has 0 atom stereocenters. The number of allylic oxidation sites excluding steroid dienone is 2. The van der Waals surface area contributed by atoms with Crippen molar-refractivity contribution < 1.29 is 22.8 Å². The van der Waals surface area contributed by atoms with Crippen LogP contribution in [0.4, 0.5) is 18.9 Å². The number of aromatic nitrogens is 2. The largest absolute Gasteiger partial charge is 0.417 e. The highest BCUT2D eigenvalue weighted by Gasteiger charge is 2.40. The molecule has 0 aliphatic heterocycles. The number of nitrogen functional groups attached to an aromatic ring is 1. The SMILES string of the molecule is CC1=C(C(F)(F)F)c2cc(-c3cc(N)cc(-[n+]4ccccc4CO)c3)cnc2C1. The van der Waals surface area contributed by atoms with E-state index in [4.69, 9.17) is 5.73 Å². The average Bonchev–Trinajstić information content (AvgIpc) is 3.02. The number of aliphatic hydroxyl groups is 1. The molecule has 0 unspecified atom stereocenters. The van der Waals surface area contributed by atoms with Crippen LogP contribution < -0.4 is 10.3 Å². The molecule has 0 saturated heterocycles. The Labute approximate surface area is 165 Å². The van der Waals surface area contributed by atoms with Crippen molar-refractivity contribution in [2.24, 2.45) is 0 Å². The Bertz CT molecular complexity index is 1140. The molecule has 1 aliphatic carbocycles. The summed E-state index contributed by atoms with van der Waals surface area (Å²) in [4.78, 5) is 4.29. The molecule has 0 bridgehead atoms. The maximum Gasteiger partial charge on any atom is 0.417 e. The number of pyridine rings is 2. The van der Waals surface area contributed by atoms with Crippen LogP contribution in [-0.4, -0.2) is 16.3 Å². The minimum absolute atomic E-state index is 0.125. The van der Waals surface area contributed by atoms with Gasteiger partial charge in [0.15, 0.2) is 6.20 Å². The lowest BCUT2D eigenvalue weighted by Gasteiger charge is -2.12. The minimum Gasteiger partial charge on any atom is -0.399 e. The van der Waals surface area contributed by atoms with Crippen molar-refractivity contribution in [2.45, 2.75) is 26.1 Å². The topological polar surface area (TPSA) is 63.0 Å². The monoisotopic (exact) mass is 398 g/mol. The van der Waals surface area contributed by atoms with Crippen LogP contribution in [0.3, 0.4) is 0 Å². The predicted molar refractivity (Wildman–Crippen MR) is 104 cm³/mol. The number of anilines is 1. The summed E-state index contributed by atoms with van der Waals surface area (Å²) in [5, 5.41) is 9.60. The van der Waals surface area contributed by atoms with Gasteiger partial charge < -0.3 is 10.8 Å². The van der Waals surface area contributed by atoms with Crippen LogP contribution in [0.5, 0.6) is 0 Å². The molecule has 0 amide bonds. The van der Waals surface area contributed by atoms with Gasteiger partial charge in [-0.25, -0.2) is 0 Å². The highest BCUT2D eigenvalue weighted by Crippen LogP contribution is 2.43. The summed E-state index contributed by atoms with van der Waals surface area (Å²) in [5.74, 6) is 0. The van der Waals surface area contributed by atoms with E-state index in [1.165, 1.54) is 13.0 Å². The van der Waals surface area contributed by atoms with Crippen molar-refractivity contribution >= 4 is 11.3 Å². The van der Waals surface area contributed by atoms with Crippen LogP contribution in [0.15, 0.2) is 60.4 Å². The second-order valence-corrected chi connectivity index (χ2v) is 7.08. The van der Waals surface area contributed by atoms with E-state index in [1.807, 2.05) is 18.2 Å². The molecule has 1 aromatic carbocycles. The molecule has 4 rings (SSSR count). The summed E-state index contributed by atoms with van der Waals surface area (Å²) < 4.78 is 42.4. The Morgan fingerprint density at radius 3 is 2.66 bits per heavy atom. The summed E-state index contributed by atoms with van der Waals surface area (Å²) >= 11 is 0. The van der Waals surface area contributed by atoms with Crippen molar-refractivity contribution in [3.63, 3.8) is 0 Å². The van der Waals surface area contributed by atoms with E-state index in [-0.39, 0.29) is 24.2 Å². The van der Waals surface area contributed by atoms with E-state index in [2.05, 4.69) is 4.98 Å². The third kappa shape index (κ3) is 3.49. The normalized spacial score (nSPS) is 13.7. The van der Waals surface area contributed by atoms with Gasteiger partial charge in [-0.3, -0.25) is 4.98 Å². The van der Waals surface area contributed by atoms with E-state index in [0.717, 1.165) is 0 Å². The van der Waals surface area contributed by atoms with Gasteiger partial charge >= 0.3 is 6.18 Å². The third-order valence-corrected chi connectivity index (χ3v) is 5.04. The van der Waals surface area contributed by atoms with Gasteiger partial charge in [0.05, 0.1) is 11.3 Å². The lowest BCUT2D eigenvalue weighted by atomic mass is 10.0. The first-order valence-corrected chi connectivity index (χ1v) is 9.06. The van der Waals surface area contributed by atoms with E-state index >= 15 is 0 Å². The standard InChI is InChI=1S/C22H19F3N3O/c1-13-6-20-19(21(13)22(23,24)25)9-15(11-27-20)14-7-16(26)10-18(8-14)28-5-3-2-4-17(28)12-29/h2-5,7-11,29H,6,12,26H2,1H3/q+1. The number of halogens is 3. The Hall–Kier alpha value is -3.19. The number of hydrogen-bond donors (Lipinski definition) is 2. The van der Waals surface area contributed by atoms with Gasteiger partial charge in [0.25, 0.3) is 0 Å². The molecular formula is C22H19F3N3O+. The van der Waals surface area contributed by atoms with Crippen molar-refractivity contribution in [1.29, 1.82) is 0 Å². The van der Waals surface area contributed by atoms with Crippen LogP contribution in [0.1, 0.15) is 23.9 Å². The molecule has 2 heterocycles. The molecule has 7 heteroatoms. The molecule has 4 nitrogen and oxygen atoms in total. The molecule has 3 N–H and O–H groups in total. The lowest BCUT2D eigenvalue weighted by molar-refractivity contribution is -0.606. The molecule has 1 aliphatic rings. The molecular weight excluding hydrogens is 379 g/mol. The predicted octanol–water partition coefficient (Wildman–Crippen LogP) is 3.99. The van der Waals surface area contributed by atoms with Crippen molar-refractivity contribution in [2.75, 3.05) is 5.73 Å². The zero-order chi connectivity index (χ0) is 20.8. The first kappa shape index (κ1) is 19.1. The molecule has 0 saturated carbocycles. The average molecular weight is 398 g/mol. The van der Waals surface area contributed by atoms with Crippen LogP contribution in [0.2, 0.25) is 0 Å². The summed E-state index contributed by atoms with van der Waals surface area (Å²) in [6.07, 6.45) is -0.857. The van der Waals surface area contributed by atoms with Gasteiger partial charge in [-0.2, -0.15) is 17.7 Å². The number of fused-ring (bicyclic) bond motifs is 1. The fraction of sp³-hybridized carbons (Fsp3) is 0.182. The van der Waals surface area contributed by atoms with Crippen molar-refractivity contribution in [3.8, 4) is 16.8 Å². The maximum absolute atomic E-state index is 13.5. The highest BCUT2D eigenvalue weighted by atomic mass is 19.4. The molecule has 148 valence electrons. The molecule has 3 aromatic rings. The van der Waals surface area contributed by atoms with Gasteiger partial charge in [0, 0.05) is 53.7 Å². The van der Waals surface area contributed by atoms with Crippen LogP contribution in [0, 0.1) is 0 Å². The van der Waals surface area contributed by atoms with Gasteiger partial charge in [-0.15, -0.1) is 0 Å². The number of nitrogens with two attached hydrogens (primary N) is 1. The highest BCUT2D eigenvalue weighted by molar-refractivity contribution is 5.81. The van der Waals surface area contributed by atoms with Gasteiger partial charge in [-0.1, -0.05) is 5.57 Å². The Balaban J connectivity index is 1.84. The van der Waals surface area contributed by atoms with Crippen LogP contribution in [0.25, 0.3) is 22.4 Å². The quantitative estimate of drug-likeness (QED) is 0.518. The number of nitrogens with zero attached hydrogens (tertiary/aromatic N) is 2. The lowest BCUT2D eigenvalue weighted by Crippen LogP contribution is -2.35. The van der Waals surface area contributed by atoms with E-state index < -0.39 is 11.7 Å². The zero-order valence-corrected chi connectivity index (χ0v) is 15.7. The second kappa shape index (κ2) is 7.00. The summed E-state index contributed by atoms with van der Waals surface area (Å²) in [7, 11) is 0. The Morgan fingerprint density at radius 1 is 1.14 bits per heavy atom. The summed E-state index contributed by atoms with van der Waals surface area (Å²) in [6, 6.07) is 12.2. The Morgan fingerprint density at radius 2 is 1.93 bits per heavy atom. The van der Waals surface area contributed by atoms with E-state index in [1.54, 1.807) is 35.2 Å². The van der Waals surface area contributed by atoms with E-state index in [9.17, 15) is 18.3 Å². The molecule has 0 radical (unpaired) electrons. The number of rotatable bonds is 3. The van der Waals surface area contributed by atoms with Crippen molar-refractivity contribution in [1.82, 2.24) is 4.98 Å². The Kier molecular flexibility index (Phi) is 4.62. The number of hydrogen-bond acceptors (Lipinski definition) is 3. The minimum atomic E-state index is -4.42. The van der Waals surface area contributed by atoms with E-state index in [0.29, 0.717) is 33.9 Å². The fourth-order valence-electron chi connectivity index (χ4n) is 3.77. The van der Waals surface area contributed by atoms with Crippen LogP contribution >= 0.6 is 0 Å². The molecule has 2 aromatic heterocycles. The number of benzene rings is 1. The van der Waals surface area contributed by atoms with Gasteiger partial charge in [0.1, 0.15) is 6.61 Å². The molecule has 29 heavy (non-hydrogen) atoms. The molecule has 0 fully saturated rings.